The third kappa shape index (κ3) is 35.0. The maximum atomic E-state index is 12.8. The van der Waals surface area contributed by atoms with Crippen molar-refractivity contribution in [1.82, 2.24) is 5.32 Å². The maximum absolute atomic E-state index is 12.8. The van der Waals surface area contributed by atoms with Gasteiger partial charge in [-0.1, -0.05) is 132 Å². The van der Waals surface area contributed by atoms with Crippen molar-refractivity contribution >= 4 is 13.7 Å². The lowest BCUT2D eigenvalue weighted by Gasteiger charge is -2.29. The van der Waals surface area contributed by atoms with Crippen molar-refractivity contribution in [2.45, 2.75) is 148 Å². The van der Waals surface area contributed by atoms with E-state index >= 15 is 0 Å². The summed E-state index contributed by atoms with van der Waals surface area (Å²) in [7, 11) is 1.17. The molecular formula is C42H75N2O7P. The molecule has 0 spiro atoms. The van der Waals surface area contributed by atoms with Crippen LogP contribution in [0.4, 0.5) is 0 Å². The summed E-state index contributed by atoms with van der Waals surface area (Å²) in [5, 5.41) is 23.4. The number of phosphoric acid groups is 1. The van der Waals surface area contributed by atoms with Crippen molar-refractivity contribution in [2.75, 3.05) is 40.9 Å². The number of quaternary nitrogens is 1. The minimum atomic E-state index is -4.62. The van der Waals surface area contributed by atoms with Crippen molar-refractivity contribution in [3.8, 4) is 0 Å². The normalized spacial score (nSPS) is 15.9. The number of hydrogen-bond acceptors (Lipinski definition) is 7. The Morgan fingerprint density at radius 1 is 0.712 bits per heavy atom. The number of aliphatic hydroxyl groups is 2. The summed E-state index contributed by atoms with van der Waals surface area (Å²) in [5.41, 5.74) is 0. The average Bonchev–Trinajstić information content (AvgIpc) is 3.08. The number of carbonyl (C=O) groups excluding carboxylic acids is 1. The van der Waals surface area contributed by atoms with Gasteiger partial charge in [0, 0.05) is 6.42 Å². The van der Waals surface area contributed by atoms with Gasteiger partial charge >= 0.3 is 0 Å². The lowest BCUT2D eigenvalue weighted by atomic mass is 10.1. The molecule has 0 aliphatic carbocycles. The van der Waals surface area contributed by atoms with E-state index in [4.69, 9.17) is 9.05 Å². The molecule has 4 atom stereocenters. The van der Waals surface area contributed by atoms with Crippen molar-refractivity contribution in [2.24, 2.45) is 0 Å². The molecule has 0 bridgehead atoms. The maximum Gasteiger partial charge on any atom is 0.268 e. The highest BCUT2D eigenvalue weighted by Crippen LogP contribution is 2.38. The molecule has 0 saturated carbocycles. The van der Waals surface area contributed by atoms with Gasteiger partial charge in [-0.05, 0) is 64.2 Å². The van der Waals surface area contributed by atoms with Gasteiger partial charge in [0.2, 0.25) is 5.91 Å². The monoisotopic (exact) mass is 751 g/mol. The number of rotatable bonds is 34. The molecule has 300 valence electrons. The molecule has 0 aliphatic heterocycles. The van der Waals surface area contributed by atoms with E-state index < -0.39 is 26.6 Å². The summed E-state index contributed by atoms with van der Waals surface area (Å²) >= 11 is 0. The van der Waals surface area contributed by atoms with Crippen LogP contribution < -0.4 is 10.2 Å². The largest absolute Gasteiger partial charge is 0.756 e. The Labute approximate surface area is 317 Å². The zero-order valence-corrected chi connectivity index (χ0v) is 34.2. The molecule has 10 heteroatoms. The van der Waals surface area contributed by atoms with Gasteiger partial charge in [0.05, 0.1) is 46.0 Å². The first-order chi connectivity index (χ1) is 24.9. The first kappa shape index (κ1) is 49.9. The fraction of sp³-hybridized carbons (Fsp3) is 0.690. The third-order valence-electron chi connectivity index (χ3n) is 8.21. The van der Waals surface area contributed by atoms with E-state index in [9.17, 15) is 24.5 Å². The second-order valence-electron chi connectivity index (χ2n) is 14.4. The van der Waals surface area contributed by atoms with Crippen LogP contribution in [-0.4, -0.2) is 79.8 Å². The number of allylic oxidation sites excluding steroid dienone is 10. The third-order valence-corrected chi connectivity index (χ3v) is 9.17. The summed E-state index contributed by atoms with van der Waals surface area (Å²) in [4.78, 5) is 25.2. The molecule has 0 aliphatic rings. The Bertz CT molecular complexity index is 1090. The topological polar surface area (TPSA) is 128 Å². The van der Waals surface area contributed by atoms with Crippen LogP contribution in [0.25, 0.3) is 0 Å². The highest BCUT2D eigenvalue weighted by molar-refractivity contribution is 7.45. The van der Waals surface area contributed by atoms with E-state index in [2.05, 4.69) is 61.7 Å². The molecule has 1 unspecified atom stereocenters. The van der Waals surface area contributed by atoms with Crippen molar-refractivity contribution in [3.05, 3.63) is 72.9 Å². The van der Waals surface area contributed by atoms with E-state index in [-0.39, 0.29) is 25.0 Å². The molecule has 0 fully saturated rings. The van der Waals surface area contributed by atoms with Crippen molar-refractivity contribution in [3.63, 3.8) is 0 Å². The number of aliphatic hydroxyl groups excluding tert-OH is 2. The molecule has 0 aromatic rings. The molecule has 9 nitrogen and oxygen atoms in total. The fourth-order valence-corrected chi connectivity index (χ4v) is 5.66. The van der Waals surface area contributed by atoms with Gasteiger partial charge < -0.3 is 34.0 Å². The molecule has 1 amide bonds. The summed E-state index contributed by atoms with van der Waals surface area (Å²) in [6.45, 7) is 4.36. The Hall–Kier alpha value is -2.10. The Kier molecular flexibility index (Phi) is 32.1. The summed E-state index contributed by atoms with van der Waals surface area (Å²) in [6, 6.07) is -0.945. The fourth-order valence-electron chi connectivity index (χ4n) is 4.94. The molecule has 3 N–H and O–H groups in total. The predicted molar refractivity (Wildman–Crippen MR) is 216 cm³/mol. The number of phosphoric ester groups is 1. The van der Waals surface area contributed by atoms with Crippen LogP contribution in [0.1, 0.15) is 129 Å². The van der Waals surface area contributed by atoms with Crippen LogP contribution in [0, 0.1) is 0 Å². The quantitative estimate of drug-likeness (QED) is 0.0260. The molecule has 0 radical (unpaired) electrons. The van der Waals surface area contributed by atoms with Crippen LogP contribution in [0.5, 0.6) is 0 Å². The van der Waals surface area contributed by atoms with Crippen molar-refractivity contribution < 1.29 is 38.0 Å². The van der Waals surface area contributed by atoms with Gasteiger partial charge in [0.25, 0.3) is 7.82 Å². The molecular weight excluding hydrogens is 675 g/mol. The van der Waals surface area contributed by atoms with Crippen LogP contribution >= 0.6 is 7.82 Å². The number of hydrogen-bond donors (Lipinski definition) is 3. The van der Waals surface area contributed by atoms with E-state index in [1.165, 1.54) is 38.5 Å². The minimum absolute atomic E-state index is 0.0277. The predicted octanol–water partition coefficient (Wildman–Crippen LogP) is 8.80. The summed E-state index contributed by atoms with van der Waals surface area (Å²) in [5.74, 6) is -0.282. The number of nitrogens with one attached hydrogen (secondary N) is 1. The van der Waals surface area contributed by atoms with Gasteiger partial charge in [-0.2, -0.15) is 0 Å². The highest BCUT2D eigenvalue weighted by Gasteiger charge is 2.23. The van der Waals surface area contributed by atoms with Crippen LogP contribution in [0.3, 0.4) is 0 Å². The van der Waals surface area contributed by atoms with Crippen LogP contribution in [-0.2, 0) is 18.4 Å². The van der Waals surface area contributed by atoms with E-state index in [0.29, 0.717) is 17.4 Å². The van der Waals surface area contributed by atoms with Crippen molar-refractivity contribution in [1.29, 1.82) is 0 Å². The zero-order chi connectivity index (χ0) is 38.8. The average molecular weight is 751 g/mol. The molecule has 0 saturated heterocycles. The molecule has 0 heterocycles. The first-order valence-corrected chi connectivity index (χ1v) is 21.4. The molecule has 0 aromatic heterocycles. The van der Waals surface area contributed by atoms with Gasteiger partial charge in [0.15, 0.2) is 0 Å². The highest BCUT2D eigenvalue weighted by atomic mass is 31.2. The Morgan fingerprint density at radius 2 is 1.27 bits per heavy atom. The molecule has 0 aromatic carbocycles. The summed E-state index contributed by atoms with van der Waals surface area (Å²) < 4.78 is 23.0. The van der Waals surface area contributed by atoms with Gasteiger partial charge in [0.1, 0.15) is 13.2 Å². The number of unbranched alkanes of at least 4 members (excludes halogenated alkanes) is 9. The number of carbonyl (C=O) groups is 1. The second kappa shape index (κ2) is 33.5. The lowest BCUT2D eigenvalue weighted by Crippen LogP contribution is -2.45. The van der Waals surface area contributed by atoms with Gasteiger partial charge in [-0.15, -0.1) is 0 Å². The van der Waals surface area contributed by atoms with Gasteiger partial charge in [-0.3, -0.25) is 9.36 Å². The number of likely N-dealkylation sites (N-methyl/N-ethyl adjacent to an activating group) is 1. The minimum Gasteiger partial charge on any atom is -0.756 e. The summed E-state index contributed by atoms with van der Waals surface area (Å²) in [6.07, 6.45) is 40.0. The van der Waals surface area contributed by atoms with E-state index in [1.807, 2.05) is 45.4 Å². The molecule has 52 heavy (non-hydrogen) atoms. The first-order valence-electron chi connectivity index (χ1n) is 19.9. The smallest absolute Gasteiger partial charge is 0.268 e. The lowest BCUT2D eigenvalue weighted by molar-refractivity contribution is -0.870. The second-order valence-corrected chi connectivity index (χ2v) is 15.9. The van der Waals surface area contributed by atoms with E-state index in [0.717, 1.165) is 64.2 Å². The number of nitrogens with zero attached hydrogens (tertiary/aromatic N) is 1. The SMILES string of the molecule is CCCCCCCC/C=C\CC/C=C/[C@@H](O)[C@H](COP(=O)([O-])OCC[N+](C)(C)C)NC(=O)CCC/C=C\C/C=C\C/C=C\C/C=C\[C@H](O)CCCC. The Balaban J connectivity index is 4.69. The Morgan fingerprint density at radius 3 is 1.94 bits per heavy atom. The van der Waals surface area contributed by atoms with Crippen LogP contribution in [0.2, 0.25) is 0 Å². The van der Waals surface area contributed by atoms with E-state index in [1.54, 1.807) is 6.08 Å². The molecule has 0 rings (SSSR count). The van der Waals surface area contributed by atoms with Gasteiger partial charge in [-0.25, -0.2) is 0 Å². The standard InChI is InChI=1S/C42H75N2O7P/c1-6-8-10-11-12-13-14-18-21-24-27-30-34-41(46)40(38-51-52(48,49)50-37-36-44(3,4)5)43-42(47)35-31-28-25-22-19-16-15-17-20-23-26-29-33-39(45)32-9-7-2/h15-16,18,20-23,25,29-30,33-34,39-41,45-46H,6-14,17,19,24,26-28,31-32,35-38H2,1-5H3,(H-,43,47,48,49)/b16-15-,21-18-,23-20-,25-22-,33-29-,34-30+/t39-,40+,41-/m1/s1. The zero-order valence-electron chi connectivity index (χ0n) is 33.3. The van der Waals surface area contributed by atoms with Crippen LogP contribution in [0.15, 0.2) is 72.9 Å². The number of amides is 1.